The largest absolute Gasteiger partial charge is 0.392 e. The van der Waals surface area contributed by atoms with E-state index in [9.17, 15) is 9.50 Å². The minimum atomic E-state index is -0.328. The Morgan fingerprint density at radius 3 is 2.40 bits per heavy atom. The fraction of sp³-hybridized carbons (Fsp3) is 0.500. The smallest absolute Gasteiger partial charge is 0.123 e. The number of benzene rings is 1. The molecular weight excluding hydrogens is 193 g/mol. The van der Waals surface area contributed by atoms with E-state index < -0.39 is 0 Å². The lowest BCUT2D eigenvalue weighted by molar-refractivity contribution is 0.123. The number of hydrogen-bond acceptors (Lipinski definition) is 2. The predicted molar refractivity (Wildman–Crippen MR) is 59.0 cm³/mol. The van der Waals surface area contributed by atoms with Crippen molar-refractivity contribution < 1.29 is 9.50 Å². The van der Waals surface area contributed by atoms with Crippen LogP contribution >= 0.6 is 0 Å². The molecule has 2 nitrogen and oxygen atoms in total. The second kappa shape index (κ2) is 5.83. The first kappa shape index (κ1) is 12.1. The molecule has 0 aliphatic carbocycles. The molecule has 84 valence electrons. The van der Waals surface area contributed by atoms with E-state index in [0.29, 0.717) is 13.1 Å². The molecule has 0 spiro atoms. The summed E-state index contributed by atoms with van der Waals surface area (Å²) in [6, 6.07) is 6.36. The van der Waals surface area contributed by atoms with Gasteiger partial charge < -0.3 is 10.4 Å². The molecule has 0 amide bonds. The third-order valence-electron chi connectivity index (χ3n) is 2.37. The number of aliphatic hydroxyl groups excluding tert-OH is 1. The molecule has 2 N–H and O–H groups in total. The highest BCUT2D eigenvalue weighted by molar-refractivity contribution is 5.15. The summed E-state index contributed by atoms with van der Waals surface area (Å²) in [7, 11) is 0. The third-order valence-corrected chi connectivity index (χ3v) is 2.37. The quantitative estimate of drug-likeness (QED) is 0.780. The summed E-state index contributed by atoms with van der Waals surface area (Å²) in [5.41, 5.74) is 1.02. The molecule has 1 atom stereocenters. The van der Waals surface area contributed by atoms with Gasteiger partial charge in [-0.15, -0.1) is 0 Å². The van der Waals surface area contributed by atoms with Crippen molar-refractivity contribution in [1.82, 2.24) is 5.32 Å². The van der Waals surface area contributed by atoms with E-state index in [1.807, 2.05) is 13.8 Å². The monoisotopic (exact) mass is 211 g/mol. The van der Waals surface area contributed by atoms with Crippen LogP contribution in [0.4, 0.5) is 4.39 Å². The van der Waals surface area contributed by atoms with E-state index in [4.69, 9.17) is 0 Å². The van der Waals surface area contributed by atoms with E-state index in [0.717, 1.165) is 5.56 Å². The molecule has 0 aromatic heterocycles. The molecule has 0 fully saturated rings. The maximum absolute atomic E-state index is 12.6. The van der Waals surface area contributed by atoms with Crippen molar-refractivity contribution in [3.63, 3.8) is 0 Å². The van der Waals surface area contributed by atoms with Crippen LogP contribution in [0.25, 0.3) is 0 Å². The Hall–Kier alpha value is -0.930. The van der Waals surface area contributed by atoms with Crippen molar-refractivity contribution in [3.8, 4) is 0 Å². The molecule has 1 rings (SSSR count). The summed E-state index contributed by atoms with van der Waals surface area (Å²) >= 11 is 0. The summed E-state index contributed by atoms with van der Waals surface area (Å²) in [6.07, 6.45) is -0.328. The van der Waals surface area contributed by atoms with Gasteiger partial charge in [-0.2, -0.15) is 0 Å². The summed E-state index contributed by atoms with van der Waals surface area (Å²) < 4.78 is 12.6. The minimum Gasteiger partial charge on any atom is -0.392 e. The third kappa shape index (κ3) is 4.40. The normalized spacial score (nSPS) is 13.1. The Balaban J connectivity index is 2.29. The Kier molecular flexibility index (Phi) is 4.72. The van der Waals surface area contributed by atoms with Gasteiger partial charge >= 0.3 is 0 Å². The van der Waals surface area contributed by atoms with E-state index >= 15 is 0 Å². The van der Waals surface area contributed by atoms with Crippen molar-refractivity contribution in [1.29, 1.82) is 0 Å². The van der Waals surface area contributed by atoms with Gasteiger partial charge in [-0.1, -0.05) is 26.0 Å². The molecule has 1 aromatic rings. The molecule has 0 saturated heterocycles. The second-order valence-electron chi connectivity index (χ2n) is 4.07. The first-order valence-corrected chi connectivity index (χ1v) is 5.23. The van der Waals surface area contributed by atoms with Gasteiger partial charge in [0.25, 0.3) is 0 Å². The predicted octanol–water partition coefficient (Wildman–Crippen LogP) is 1.93. The van der Waals surface area contributed by atoms with Crippen LogP contribution in [0.15, 0.2) is 24.3 Å². The Morgan fingerprint density at radius 2 is 1.87 bits per heavy atom. The van der Waals surface area contributed by atoms with Gasteiger partial charge in [0, 0.05) is 13.1 Å². The molecule has 3 heteroatoms. The van der Waals surface area contributed by atoms with Crippen LogP contribution in [-0.2, 0) is 6.54 Å². The van der Waals surface area contributed by atoms with Crippen LogP contribution in [-0.4, -0.2) is 17.8 Å². The average molecular weight is 211 g/mol. The molecule has 0 aliphatic rings. The summed E-state index contributed by atoms with van der Waals surface area (Å²) in [6.45, 7) is 5.17. The standard InChI is InChI=1S/C12H18FNO/c1-9(2)12(15)8-14-7-10-3-5-11(13)6-4-10/h3-6,9,12,14-15H,7-8H2,1-2H3. The summed E-state index contributed by atoms with van der Waals surface area (Å²) in [5.74, 6) is 0.0340. The maximum atomic E-state index is 12.6. The van der Waals surface area contributed by atoms with Crippen LogP contribution in [0.3, 0.4) is 0 Å². The fourth-order valence-corrected chi connectivity index (χ4v) is 1.20. The summed E-state index contributed by atoms with van der Waals surface area (Å²) in [4.78, 5) is 0. The van der Waals surface area contributed by atoms with Crippen LogP contribution in [0.5, 0.6) is 0 Å². The molecule has 0 radical (unpaired) electrons. The Labute approximate surface area is 90.1 Å². The van der Waals surface area contributed by atoms with Gasteiger partial charge in [-0.05, 0) is 23.6 Å². The maximum Gasteiger partial charge on any atom is 0.123 e. The van der Waals surface area contributed by atoms with Crippen LogP contribution in [0.1, 0.15) is 19.4 Å². The molecule has 15 heavy (non-hydrogen) atoms. The van der Waals surface area contributed by atoms with Crippen LogP contribution in [0, 0.1) is 11.7 Å². The second-order valence-corrected chi connectivity index (χ2v) is 4.07. The Morgan fingerprint density at radius 1 is 1.27 bits per heavy atom. The van der Waals surface area contributed by atoms with Crippen molar-refractivity contribution in [2.24, 2.45) is 5.92 Å². The molecule has 1 unspecified atom stereocenters. The fourth-order valence-electron chi connectivity index (χ4n) is 1.20. The summed E-state index contributed by atoms with van der Waals surface area (Å²) in [5, 5.41) is 12.7. The van der Waals surface area contributed by atoms with Crippen molar-refractivity contribution in [2.45, 2.75) is 26.5 Å². The number of nitrogens with one attached hydrogen (secondary N) is 1. The average Bonchev–Trinajstić information content (AvgIpc) is 2.20. The van der Waals surface area contributed by atoms with Crippen molar-refractivity contribution in [2.75, 3.05) is 6.54 Å². The van der Waals surface area contributed by atoms with E-state index in [-0.39, 0.29) is 17.8 Å². The van der Waals surface area contributed by atoms with E-state index in [2.05, 4.69) is 5.32 Å². The van der Waals surface area contributed by atoms with Gasteiger partial charge in [-0.25, -0.2) is 4.39 Å². The number of hydrogen-bond donors (Lipinski definition) is 2. The number of halogens is 1. The first-order valence-electron chi connectivity index (χ1n) is 5.23. The lowest BCUT2D eigenvalue weighted by Crippen LogP contribution is -2.30. The zero-order chi connectivity index (χ0) is 11.3. The first-order chi connectivity index (χ1) is 7.09. The number of rotatable bonds is 5. The van der Waals surface area contributed by atoms with Gasteiger partial charge in [0.05, 0.1) is 6.10 Å². The molecule has 0 bridgehead atoms. The van der Waals surface area contributed by atoms with E-state index in [1.54, 1.807) is 12.1 Å². The highest BCUT2D eigenvalue weighted by Gasteiger charge is 2.07. The van der Waals surface area contributed by atoms with Gasteiger partial charge in [-0.3, -0.25) is 0 Å². The lowest BCUT2D eigenvalue weighted by Gasteiger charge is -2.14. The minimum absolute atomic E-state index is 0.221. The topological polar surface area (TPSA) is 32.3 Å². The van der Waals surface area contributed by atoms with Gasteiger partial charge in [0.2, 0.25) is 0 Å². The van der Waals surface area contributed by atoms with Gasteiger partial charge in [0.1, 0.15) is 5.82 Å². The highest BCUT2D eigenvalue weighted by Crippen LogP contribution is 2.03. The van der Waals surface area contributed by atoms with E-state index in [1.165, 1.54) is 12.1 Å². The zero-order valence-corrected chi connectivity index (χ0v) is 9.20. The number of aliphatic hydroxyl groups is 1. The molecule has 0 aliphatic heterocycles. The van der Waals surface area contributed by atoms with Crippen LogP contribution < -0.4 is 5.32 Å². The van der Waals surface area contributed by atoms with Crippen LogP contribution in [0.2, 0.25) is 0 Å². The highest BCUT2D eigenvalue weighted by atomic mass is 19.1. The Bertz CT molecular complexity index is 284. The molecule has 1 aromatic carbocycles. The van der Waals surface area contributed by atoms with Gasteiger partial charge in [0.15, 0.2) is 0 Å². The SMILES string of the molecule is CC(C)C(O)CNCc1ccc(F)cc1. The zero-order valence-electron chi connectivity index (χ0n) is 9.20. The molecule has 0 heterocycles. The molecule has 0 saturated carbocycles. The van der Waals surface area contributed by atoms with Crippen molar-refractivity contribution in [3.05, 3.63) is 35.6 Å². The lowest BCUT2D eigenvalue weighted by atomic mass is 10.1. The molecular formula is C12H18FNO. The van der Waals surface area contributed by atoms with Crippen molar-refractivity contribution >= 4 is 0 Å².